The van der Waals surface area contributed by atoms with Crippen molar-refractivity contribution in [3.63, 3.8) is 0 Å². The van der Waals surface area contributed by atoms with Crippen molar-refractivity contribution in [3.8, 4) is 5.75 Å². The summed E-state index contributed by atoms with van der Waals surface area (Å²) in [6, 6.07) is 8.38. The van der Waals surface area contributed by atoms with Crippen LogP contribution in [0.5, 0.6) is 5.75 Å². The first-order valence-corrected chi connectivity index (χ1v) is 6.34. The Kier molecular flexibility index (Phi) is 4.40. The van der Waals surface area contributed by atoms with Crippen LogP contribution in [0.1, 0.15) is 25.3 Å². The van der Waals surface area contributed by atoms with Crippen LogP contribution in [-0.4, -0.2) is 24.3 Å². The van der Waals surface area contributed by atoms with Gasteiger partial charge in [-0.15, -0.1) is 0 Å². The number of rotatable bonds is 7. The summed E-state index contributed by atoms with van der Waals surface area (Å²) in [4.78, 5) is 0. The van der Waals surface area contributed by atoms with Gasteiger partial charge in [-0.1, -0.05) is 19.1 Å². The van der Waals surface area contributed by atoms with E-state index in [1.54, 1.807) is 0 Å². The average Bonchev–Trinajstić information content (AvgIpc) is 3.18. The van der Waals surface area contributed by atoms with Gasteiger partial charge in [-0.3, -0.25) is 0 Å². The van der Waals surface area contributed by atoms with Crippen molar-refractivity contribution in [2.75, 3.05) is 13.2 Å². The highest BCUT2D eigenvalue weighted by molar-refractivity contribution is 5.27. The molecule has 3 nitrogen and oxygen atoms in total. The highest BCUT2D eigenvalue weighted by Crippen LogP contribution is 2.19. The van der Waals surface area contributed by atoms with Crippen molar-refractivity contribution >= 4 is 0 Å². The van der Waals surface area contributed by atoms with E-state index in [-0.39, 0.29) is 6.61 Å². The first kappa shape index (κ1) is 12.4. The summed E-state index contributed by atoms with van der Waals surface area (Å²) in [5.74, 6) is 1.35. The number of benzene rings is 1. The summed E-state index contributed by atoms with van der Waals surface area (Å²) in [7, 11) is 0. The third-order valence-electron chi connectivity index (χ3n) is 2.95. The van der Waals surface area contributed by atoms with E-state index in [0.717, 1.165) is 23.9 Å². The fourth-order valence-corrected chi connectivity index (χ4v) is 1.69. The molecule has 0 aliphatic heterocycles. The number of hydrogen-bond acceptors (Lipinski definition) is 3. The number of hydrogen-bond donors (Lipinski definition) is 2. The standard InChI is InChI=1S/C14H21NO2/c1-11(8-15-13-5-6-13)10-17-14-4-2-3-12(7-14)9-16/h2-4,7,11,13,15-16H,5-6,8-10H2,1H3. The van der Waals surface area contributed by atoms with Gasteiger partial charge >= 0.3 is 0 Å². The Morgan fingerprint density at radius 2 is 2.29 bits per heavy atom. The highest BCUT2D eigenvalue weighted by atomic mass is 16.5. The molecule has 0 bridgehead atoms. The number of nitrogens with one attached hydrogen (secondary N) is 1. The van der Waals surface area contributed by atoms with Gasteiger partial charge in [0.15, 0.2) is 0 Å². The summed E-state index contributed by atoms with van der Waals surface area (Å²) >= 11 is 0. The maximum absolute atomic E-state index is 9.03. The van der Waals surface area contributed by atoms with Crippen molar-refractivity contribution in [3.05, 3.63) is 29.8 Å². The van der Waals surface area contributed by atoms with Gasteiger partial charge in [0.25, 0.3) is 0 Å². The second-order valence-corrected chi connectivity index (χ2v) is 4.90. The summed E-state index contributed by atoms with van der Waals surface area (Å²) in [6.45, 7) is 3.99. The van der Waals surface area contributed by atoms with Crippen LogP contribution in [0.2, 0.25) is 0 Å². The Bertz CT molecular complexity index is 350. The van der Waals surface area contributed by atoms with Crippen molar-refractivity contribution in [2.24, 2.45) is 5.92 Å². The van der Waals surface area contributed by atoms with Crippen LogP contribution in [0.25, 0.3) is 0 Å². The molecular weight excluding hydrogens is 214 g/mol. The zero-order valence-electron chi connectivity index (χ0n) is 10.4. The van der Waals surface area contributed by atoms with Crippen LogP contribution >= 0.6 is 0 Å². The van der Waals surface area contributed by atoms with Crippen LogP contribution in [0.15, 0.2) is 24.3 Å². The van der Waals surface area contributed by atoms with Crippen LogP contribution in [-0.2, 0) is 6.61 Å². The first-order valence-electron chi connectivity index (χ1n) is 6.34. The van der Waals surface area contributed by atoms with E-state index in [9.17, 15) is 0 Å². The molecule has 1 aromatic rings. The lowest BCUT2D eigenvalue weighted by Gasteiger charge is -2.14. The minimum Gasteiger partial charge on any atom is -0.493 e. The lowest BCUT2D eigenvalue weighted by Crippen LogP contribution is -2.26. The molecule has 2 N–H and O–H groups in total. The van der Waals surface area contributed by atoms with E-state index < -0.39 is 0 Å². The Morgan fingerprint density at radius 3 is 3.00 bits per heavy atom. The lowest BCUT2D eigenvalue weighted by molar-refractivity contribution is 0.252. The molecular formula is C14H21NO2. The van der Waals surface area contributed by atoms with Gasteiger partial charge in [0, 0.05) is 18.5 Å². The van der Waals surface area contributed by atoms with Gasteiger partial charge in [-0.2, -0.15) is 0 Å². The fourth-order valence-electron chi connectivity index (χ4n) is 1.69. The normalized spacial score (nSPS) is 16.8. The topological polar surface area (TPSA) is 41.5 Å². The zero-order valence-corrected chi connectivity index (χ0v) is 10.4. The molecule has 1 aromatic carbocycles. The Hall–Kier alpha value is -1.06. The Labute approximate surface area is 103 Å². The van der Waals surface area contributed by atoms with Gasteiger partial charge in [-0.25, -0.2) is 0 Å². The molecule has 0 aromatic heterocycles. The van der Waals surface area contributed by atoms with Crippen LogP contribution in [0.3, 0.4) is 0 Å². The second-order valence-electron chi connectivity index (χ2n) is 4.90. The Morgan fingerprint density at radius 1 is 1.47 bits per heavy atom. The number of aliphatic hydroxyl groups excluding tert-OH is 1. The van der Waals surface area contributed by atoms with E-state index in [1.165, 1.54) is 12.8 Å². The van der Waals surface area contributed by atoms with Gasteiger partial charge in [0.1, 0.15) is 5.75 Å². The fraction of sp³-hybridized carbons (Fsp3) is 0.571. The molecule has 0 saturated heterocycles. The summed E-state index contributed by atoms with van der Waals surface area (Å²) in [6.07, 6.45) is 2.65. The van der Waals surface area contributed by atoms with Gasteiger partial charge in [0.05, 0.1) is 13.2 Å². The van der Waals surface area contributed by atoms with E-state index in [1.807, 2.05) is 24.3 Å². The number of ether oxygens (including phenoxy) is 1. The predicted molar refractivity (Wildman–Crippen MR) is 68.0 cm³/mol. The highest BCUT2D eigenvalue weighted by Gasteiger charge is 2.20. The zero-order chi connectivity index (χ0) is 12.1. The molecule has 94 valence electrons. The van der Waals surface area contributed by atoms with E-state index >= 15 is 0 Å². The molecule has 1 aliphatic carbocycles. The molecule has 1 aliphatic rings. The van der Waals surface area contributed by atoms with E-state index in [4.69, 9.17) is 9.84 Å². The van der Waals surface area contributed by atoms with Gasteiger partial charge in [0.2, 0.25) is 0 Å². The van der Waals surface area contributed by atoms with Crippen molar-refractivity contribution in [1.29, 1.82) is 0 Å². The SMILES string of the molecule is CC(CNC1CC1)COc1cccc(CO)c1. The molecule has 2 rings (SSSR count). The molecule has 3 heteroatoms. The van der Waals surface area contributed by atoms with Gasteiger partial charge in [-0.05, 0) is 30.5 Å². The summed E-state index contributed by atoms with van der Waals surface area (Å²) in [5, 5.41) is 12.5. The minimum absolute atomic E-state index is 0.0655. The molecule has 1 atom stereocenters. The maximum atomic E-state index is 9.03. The quantitative estimate of drug-likeness (QED) is 0.759. The summed E-state index contributed by atoms with van der Waals surface area (Å²) < 4.78 is 5.71. The van der Waals surface area contributed by atoms with Crippen LogP contribution in [0.4, 0.5) is 0 Å². The third kappa shape index (κ3) is 4.36. The maximum Gasteiger partial charge on any atom is 0.119 e. The monoisotopic (exact) mass is 235 g/mol. The first-order chi connectivity index (χ1) is 8.28. The predicted octanol–water partition coefficient (Wildman–Crippen LogP) is 1.95. The Balaban J connectivity index is 1.71. The average molecular weight is 235 g/mol. The number of aliphatic hydroxyl groups is 1. The van der Waals surface area contributed by atoms with Gasteiger partial charge < -0.3 is 15.2 Å². The van der Waals surface area contributed by atoms with E-state index in [2.05, 4.69) is 12.2 Å². The molecule has 0 radical (unpaired) electrons. The van der Waals surface area contributed by atoms with Crippen molar-refractivity contribution in [2.45, 2.75) is 32.4 Å². The molecule has 1 saturated carbocycles. The molecule has 17 heavy (non-hydrogen) atoms. The molecule has 0 heterocycles. The molecule has 0 amide bonds. The molecule has 0 spiro atoms. The van der Waals surface area contributed by atoms with Crippen LogP contribution < -0.4 is 10.1 Å². The second kappa shape index (κ2) is 6.03. The summed E-state index contributed by atoms with van der Waals surface area (Å²) in [5.41, 5.74) is 0.895. The van der Waals surface area contributed by atoms with Crippen molar-refractivity contribution < 1.29 is 9.84 Å². The lowest BCUT2D eigenvalue weighted by atomic mass is 10.2. The van der Waals surface area contributed by atoms with Crippen LogP contribution in [0, 0.1) is 5.92 Å². The molecule has 1 fully saturated rings. The largest absolute Gasteiger partial charge is 0.493 e. The van der Waals surface area contributed by atoms with E-state index in [0.29, 0.717) is 12.5 Å². The smallest absolute Gasteiger partial charge is 0.119 e. The van der Waals surface area contributed by atoms with Crippen molar-refractivity contribution in [1.82, 2.24) is 5.32 Å². The molecule has 1 unspecified atom stereocenters. The minimum atomic E-state index is 0.0655. The third-order valence-corrected chi connectivity index (χ3v) is 2.95.